The van der Waals surface area contributed by atoms with E-state index in [9.17, 15) is 15.0 Å². The minimum atomic E-state index is -0.102. The number of nitriles is 1. The van der Waals surface area contributed by atoms with Crippen LogP contribution in [-0.4, -0.2) is 49.2 Å². The van der Waals surface area contributed by atoms with Crippen LogP contribution >= 0.6 is 0 Å². The number of nitrogens with zero attached hydrogens (tertiary/aromatic N) is 5. The van der Waals surface area contributed by atoms with Gasteiger partial charge in [0.25, 0.3) is 0 Å². The van der Waals surface area contributed by atoms with E-state index in [0.717, 1.165) is 0 Å². The number of carbonyl (C=O) groups excluding carboxylic acids is 1. The molecule has 2 heterocycles. The van der Waals surface area contributed by atoms with Crippen molar-refractivity contribution in [3.05, 3.63) is 53.2 Å². The van der Waals surface area contributed by atoms with Crippen LogP contribution in [0.2, 0.25) is 0 Å². The van der Waals surface area contributed by atoms with E-state index in [1.165, 1.54) is 10.7 Å². The van der Waals surface area contributed by atoms with Gasteiger partial charge in [0.15, 0.2) is 0 Å². The highest BCUT2D eigenvalue weighted by atomic mass is 16.5. The van der Waals surface area contributed by atoms with Crippen molar-refractivity contribution >= 4 is 5.91 Å². The summed E-state index contributed by atoms with van der Waals surface area (Å²) in [6, 6.07) is 11.9. The highest BCUT2D eigenvalue weighted by Crippen LogP contribution is 2.38. The molecule has 4 rings (SSSR count). The van der Waals surface area contributed by atoms with Crippen LogP contribution < -0.4 is 4.74 Å². The molecule has 0 unspecified atom stereocenters. The lowest BCUT2D eigenvalue weighted by Crippen LogP contribution is -2.41. The molecular weight excluding hydrogens is 410 g/mol. The minimum absolute atomic E-state index is 0.0269. The van der Waals surface area contributed by atoms with Crippen molar-refractivity contribution in [2.24, 2.45) is 0 Å². The number of phenolic OH excluding ortho intramolecular Hbond substituents is 2. The topological polar surface area (TPSA) is 124 Å². The number of hydrogen-bond acceptors (Lipinski definition) is 7. The molecule has 32 heavy (non-hydrogen) atoms. The van der Waals surface area contributed by atoms with E-state index >= 15 is 0 Å². The summed E-state index contributed by atoms with van der Waals surface area (Å²) >= 11 is 0. The molecule has 0 saturated heterocycles. The molecule has 1 aromatic heterocycles. The fourth-order valence-corrected chi connectivity index (χ4v) is 3.67. The quantitative estimate of drug-likeness (QED) is 0.612. The first kappa shape index (κ1) is 21.2. The van der Waals surface area contributed by atoms with Crippen molar-refractivity contribution in [3.63, 3.8) is 0 Å². The Balaban J connectivity index is 1.52. The van der Waals surface area contributed by atoms with Crippen molar-refractivity contribution < 1.29 is 19.7 Å². The highest BCUT2D eigenvalue weighted by Gasteiger charge is 2.29. The van der Waals surface area contributed by atoms with Crippen LogP contribution in [0.5, 0.6) is 17.2 Å². The van der Waals surface area contributed by atoms with Gasteiger partial charge in [0.2, 0.25) is 5.91 Å². The molecule has 0 fully saturated rings. The zero-order valence-electron chi connectivity index (χ0n) is 17.8. The van der Waals surface area contributed by atoms with Crippen LogP contribution in [0.4, 0.5) is 0 Å². The zero-order valence-corrected chi connectivity index (χ0v) is 17.8. The Bertz CT molecular complexity index is 1190. The Hall–Kier alpha value is -4.06. The first-order valence-corrected chi connectivity index (χ1v) is 10.3. The van der Waals surface area contributed by atoms with Crippen molar-refractivity contribution in [1.29, 1.82) is 5.26 Å². The molecule has 1 amide bonds. The molecule has 2 aromatic carbocycles. The maximum atomic E-state index is 12.5. The second-order valence-electron chi connectivity index (χ2n) is 7.93. The second kappa shape index (κ2) is 8.59. The van der Waals surface area contributed by atoms with Crippen molar-refractivity contribution in [3.8, 4) is 34.6 Å². The molecule has 9 heteroatoms. The van der Waals surface area contributed by atoms with Gasteiger partial charge in [-0.1, -0.05) is 19.1 Å². The lowest BCUT2D eigenvalue weighted by Gasteiger charge is -2.27. The number of ether oxygens (including phenoxy) is 1. The van der Waals surface area contributed by atoms with Crippen LogP contribution in [0.15, 0.2) is 36.4 Å². The van der Waals surface area contributed by atoms with Crippen molar-refractivity contribution in [1.82, 2.24) is 19.9 Å². The zero-order chi connectivity index (χ0) is 22.8. The smallest absolute Gasteiger partial charge is 0.244 e. The summed E-state index contributed by atoms with van der Waals surface area (Å²) in [5.41, 5.74) is 2.90. The fourth-order valence-electron chi connectivity index (χ4n) is 3.67. The first-order chi connectivity index (χ1) is 15.4. The molecule has 0 spiro atoms. The largest absolute Gasteiger partial charge is 0.508 e. The monoisotopic (exact) mass is 433 g/mol. The van der Waals surface area contributed by atoms with Gasteiger partial charge in [-0.15, -0.1) is 5.10 Å². The molecule has 3 aromatic rings. The van der Waals surface area contributed by atoms with Gasteiger partial charge in [0.1, 0.15) is 36.1 Å². The van der Waals surface area contributed by atoms with Gasteiger partial charge in [0, 0.05) is 11.6 Å². The molecule has 0 atom stereocenters. The number of benzene rings is 2. The average Bonchev–Trinajstić information content (AvgIpc) is 3.16. The predicted molar refractivity (Wildman–Crippen MR) is 115 cm³/mol. The summed E-state index contributed by atoms with van der Waals surface area (Å²) in [7, 11) is 0. The van der Waals surface area contributed by atoms with E-state index in [1.54, 1.807) is 35.2 Å². The molecule has 0 radical (unpaired) electrons. The van der Waals surface area contributed by atoms with Gasteiger partial charge < -0.3 is 19.8 Å². The third-order valence-corrected chi connectivity index (χ3v) is 5.45. The minimum Gasteiger partial charge on any atom is -0.508 e. The maximum absolute atomic E-state index is 12.5. The third-order valence-electron chi connectivity index (χ3n) is 5.45. The third kappa shape index (κ3) is 4.07. The number of fused-ring (bicyclic) bond motifs is 1. The van der Waals surface area contributed by atoms with E-state index in [2.05, 4.69) is 16.4 Å². The number of amides is 1. The highest BCUT2D eigenvalue weighted by molar-refractivity contribution is 5.79. The Kier molecular flexibility index (Phi) is 5.69. The lowest BCUT2D eigenvalue weighted by atomic mass is 9.97. The molecule has 1 aliphatic rings. The molecule has 0 aliphatic carbocycles. The van der Waals surface area contributed by atoms with Gasteiger partial charge in [-0.3, -0.25) is 4.79 Å². The van der Waals surface area contributed by atoms with Crippen molar-refractivity contribution in [2.45, 2.75) is 32.9 Å². The molecule has 0 saturated carbocycles. The standard InChI is InChI=1S/C23H23N5O4/c1-14(2)17-9-18(21(30)10-20(17)29)23-19-12-27(22(31)13-28(19)26-25-23)7-8-32-16-5-3-15(11-24)4-6-16/h3-6,9-10,14,29-30H,7-8,12-13H2,1-2H3. The number of aromatic nitrogens is 3. The van der Waals surface area contributed by atoms with Gasteiger partial charge >= 0.3 is 0 Å². The van der Waals surface area contributed by atoms with E-state index in [1.807, 2.05) is 13.8 Å². The Morgan fingerprint density at radius 1 is 1.16 bits per heavy atom. The molecule has 1 aliphatic heterocycles. The second-order valence-corrected chi connectivity index (χ2v) is 7.93. The van der Waals surface area contributed by atoms with Gasteiger partial charge in [-0.05, 0) is 41.8 Å². The average molecular weight is 433 g/mol. The predicted octanol–water partition coefficient (Wildman–Crippen LogP) is 2.77. The number of phenols is 2. The summed E-state index contributed by atoms with van der Waals surface area (Å²) in [6.07, 6.45) is 0. The fraction of sp³-hybridized carbons (Fsp3) is 0.304. The number of aromatic hydroxyl groups is 2. The molecule has 2 N–H and O–H groups in total. The number of carbonyl (C=O) groups is 1. The summed E-state index contributed by atoms with van der Waals surface area (Å²) in [6.45, 7) is 4.87. The Morgan fingerprint density at radius 2 is 1.91 bits per heavy atom. The van der Waals surface area contributed by atoms with E-state index in [4.69, 9.17) is 10.00 Å². The van der Waals surface area contributed by atoms with E-state index in [0.29, 0.717) is 40.4 Å². The van der Waals surface area contributed by atoms with Crippen LogP contribution in [-0.2, 0) is 17.9 Å². The Morgan fingerprint density at radius 3 is 2.59 bits per heavy atom. The van der Waals surface area contributed by atoms with Crippen LogP contribution in [0, 0.1) is 11.3 Å². The van der Waals surface area contributed by atoms with Crippen molar-refractivity contribution in [2.75, 3.05) is 13.2 Å². The van der Waals surface area contributed by atoms with Crippen LogP contribution in [0.1, 0.15) is 36.6 Å². The molecule has 164 valence electrons. The van der Waals surface area contributed by atoms with E-state index < -0.39 is 0 Å². The lowest BCUT2D eigenvalue weighted by molar-refractivity contribution is -0.134. The molecule has 0 bridgehead atoms. The van der Waals surface area contributed by atoms with E-state index in [-0.39, 0.29) is 43.0 Å². The van der Waals surface area contributed by atoms with Gasteiger partial charge in [-0.2, -0.15) is 5.26 Å². The summed E-state index contributed by atoms with van der Waals surface area (Å²) in [5, 5.41) is 37.7. The number of hydrogen-bond donors (Lipinski definition) is 2. The Labute approximate surface area is 185 Å². The van der Waals surface area contributed by atoms with Gasteiger partial charge in [0.05, 0.1) is 30.4 Å². The SMILES string of the molecule is CC(C)c1cc(-c2nnn3c2CN(CCOc2ccc(C#N)cc2)C(=O)C3)c(O)cc1O. The van der Waals surface area contributed by atoms with Crippen LogP contribution in [0.25, 0.3) is 11.3 Å². The summed E-state index contributed by atoms with van der Waals surface area (Å²) in [5.74, 6) is 0.506. The molecular formula is C23H23N5O4. The van der Waals surface area contributed by atoms with Crippen LogP contribution in [0.3, 0.4) is 0 Å². The first-order valence-electron chi connectivity index (χ1n) is 10.3. The summed E-state index contributed by atoms with van der Waals surface area (Å²) in [4.78, 5) is 14.2. The summed E-state index contributed by atoms with van der Waals surface area (Å²) < 4.78 is 7.24. The maximum Gasteiger partial charge on any atom is 0.244 e. The molecule has 9 nitrogen and oxygen atoms in total. The number of rotatable bonds is 6. The van der Waals surface area contributed by atoms with Gasteiger partial charge in [-0.25, -0.2) is 4.68 Å². The normalized spacial score (nSPS) is 13.2.